The minimum Gasteiger partial charge on any atom is -0.444 e. The molecular weight excluding hydrogens is 368 g/mol. The van der Waals surface area contributed by atoms with Gasteiger partial charge in [0.05, 0.1) is 5.54 Å². The van der Waals surface area contributed by atoms with Gasteiger partial charge in [-0.25, -0.2) is 4.79 Å². The number of amides is 1. The lowest BCUT2D eigenvalue weighted by Crippen LogP contribution is -2.57. The van der Waals surface area contributed by atoms with Crippen LogP contribution in [-0.4, -0.2) is 46.7 Å². The van der Waals surface area contributed by atoms with Gasteiger partial charge in [-0.05, 0) is 63.8 Å². The molecule has 2 fully saturated rings. The number of carbonyl (C=O) groups is 1. The van der Waals surface area contributed by atoms with Crippen molar-refractivity contribution in [1.82, 2.24) is 9.80 Å². The monoisotopic (exact) mass is 394 g/mol. The Labute approximate surface area is 153 Å². The van der Waals surface area contributed by atoms with Gasteiger partial charge in [0, 0.05) is 30.7 Å². The van der Waals surface area contributed by atoms with Crippen molar-refractivity contribution < 1.29 is 9.53 Å². The van der Waals surface area contributed by atoms with Crippen LogP contribution in [-0.2, 0) is 11.3 Å². The Morgan fingerprint density at radius 1 is 1.29 bits per heavy atom. The second kappa shape index (κ2) is 6.34. The third-order valence-electron chi connectivity index (χ3n) is 4.87. The van der Waals surface area contributed by atoms with Gasteiger partial charge in [0.2, 0.25) is 0 Å². The van der Waals surface area contributed by atoms with E-state index in [2.05, 4.69) is 46.0 Å². The number of piperazine rings is 1. The van der Waals surface area contributed by atoms with E-state index < -0.39 is 5.60 Å². The molecule has 0 atom stereocenters. The van der Waals surface area contributed by atoms with Crippen LogP contribution in [0.4, 0.5) is 4.79 Å². The zero-order valence-electron chi connectivity index (χ0n) is 15.1. The van der Waals surface area contributed by atoms with Gasteiger partial charge in [0.1, 0.15) is 5.60 Å². The molecule has 1 aliphatic heterocycles. The second-order valence-electron chi connectivity index (χ2n) is 8.14. The standard InChI is InChI=1S/C19H27BrN2O2/c1-14-11-16(20)6-5-15(14)12-21-9-10-22(19(13-21)7-8-19)17(23)24-18(2,3)4/h5-6,11H,7-10,12-13H2,1-4H3. The Kier molecular flexibility index (Phi) is 4.69. The molecule has 0 N–H and O–H groups in total. The summed E-state index contributed by atoms with van der Waals surface area (Å²) >= 11 is 3.53. The van der Waals surface area contributed by atoms with Crippen molar-refractivity contribution in [2.75, 3.05) is 19.6 Å². The van der Waals surface area contributed by atoms with E-state index in [1.54, 1.807) is 0 Å². The number of halogens is 1. The maximum absolute atomic E-state index is 12.5. The molecule has 1 saturated heterocycles. The predicted octanol–water partition coefficient (Wildman–Crippen LogP) is 4.34. The second-order valence-corrected chi connectivity index (χ2v) is 9.05. The quantitative estimate of drug-likeness (QED) is 0.747. The summed E-state index contributed by atoms with van der Waals surface area (Å²) in [6, 6.07) is 6.46. The summed E-state index contributed by atoms with van der Waals surface area (Å²) < 4.78 is 6.72. The highest BCUT2D eigenvalue weighted by Gasteiger charge is 2.54. The summed E-state index contributed by atoms with van der Waals surface area (Å²) in [4.78, 5) is 17.0. The van der Waals surface area contributed by atoms with Gasteiger partial charge in [0.25, 0.3) is 0 Å². The number of hydrogen-bond acceptors (Lipinski definition) is 3. The average molecular weight is 395 g/mol. The van der Waals surface area contributed by atoms with Crippen molar-refractivity contribution in [2.45, 2.75) is 58.2 Å². The Bertz CT molecular complexity index is 635. The van der Waals surface area contributed by atoms with Gasteiger partial charge in [-0.1, -0.05) is 22.0 Å². The molecule has 1 saturated carbocycles. The van der Waals surface area contributed by atoms with Gasteiger partial charge in [0.15, 0.2) is 0 Å². The zero-order chi connectivity index (χ0) is 17.5. The maximum atomic E-state index is 12.5. The van der Waals surface area contributed by atoms with E-state index in [1.807, 2.05) is 25.7 Å². The number of rotatable bonds is 2. The van der Waals surface area contributed by atoms with Gasteiger partial charge >= 0.3 is 6.09 Å². The van der Waals surface area contributed by atoms with Crippen LogP contribution in [0.2, 0.25) is 0 Å². The normalized spacial score (nSPS) is 20.3. The number of carbonyl (C=O) groups excluding carboxylic acids is 1. The first kappa shape index (κ1) is 17.7. The van der Waals surface area contributed by atoms with Gasteiger partial charge in [-0.3, -0.25) is 9.80 Å². The number of aryl methyl sites for hydroxylation is 1. The van der Waals surface area contributed by atoms with Gasteiger partial charge < -0.3 is 4.74 Å². The highest BCUT2D eigenvalue weighted by Crippen LogP contribution is 2.45. The topological polar surface area (TPSA) is 32.8 Å². The van der Waals surface area contributed by atoms with Crippen molar-refractivity contribution in [1.29, 1.82) is 0 Å². The molecule has 1 amide bonds. The molecule has 1 aromatic carbocycles. The van der Waals surface area contributed by atoms with Crippen molar-refractivity contribution in [3.8, 4) is 0 Å². The molecule has 24 heavy (non-hydrogen) atoms. The fourth-order valence-corrected chi connectivity index (χ4v) is 3.92. The molecule has 132 valence electrons. The van der Waals surface area contributed by atoms with Crippen molar-refractivity contribution in [3.05, 3.63) is 33.8 Å². The Morgan fingerprint density at radius 3 is 2.58 bits per heavy atom. The van der Waals surface area contributed by atoms with E-state index in [-0.39, 0.29) is 11.6 Å². The first-order chi connectivity index (χ1) is 11.2. The highest BCUT2D eigenvalue weighted by atomic mass is 79.9. The highest BCUT2D eigenvalue weighted by molar-refractivity contribution is 9.10. The molecule has 1 aromatic rings. The number of hydrogen-bond donors (Lipinski definition) is 0. The Balaban J connectivity index is 1.65. The van der Waals surface area contributed by atoms with Gasteiger partial charge in [-0.15, -0.1) is 0 Å². The van der Waals surface area contributed by atoms with Crippen molar-refractivity contribution >= 4 is 22.0 Å². The summed E-state index contributed by atoms with van der Waals surface area (Å²) in [5, 5.41) is 0. The number of nitrogens with zero attached hydrogens (tertiary/aromatic N) is 2. The van der Waals surface area contributed by atoms with Crippen LogP contribution < -0.4 is 0 Å². The minimum absolute atomic E-state index is 0.00382. The average Bonchev–Trinajstić information content (AvgIpc) is 3.20. The van der Waals surface area contributed by atoms with Crippen LogP contribution in [0.3, 0.4) is 0 Å². The number of benzene rings is 1. The molecule has 1 heterocycles. The zero-order valence-corrected chi connectivity index (χ0v) is 16.6. The van der Waals surface area contributed by atoms with E-state index in [1.165, 1.54) is 11.1 Å². The van der Waals surface area contributed by atoms with Crippen LogP contribution in [0.1, 0.15) is 44.7 Å². The summed E-state index contributed by atoms with van der Waals surface area (Å²) in [6.07, 6.45) is 2.02. The van der Waals surface area contributed by atoms with Crippen LogP contribution in [0.15, 0.2) is 22.7 Å². The first-order valence-corrected chi connectivity index (χ1v) is 9.46. The van der Waals surface area contributed by atoms with E-state index >= 15 is 0 Å². The molecule has 0 aromatic heterocycles. The fraction of sp³-hybridized carbons (Fsp3) is 0.632. The molecule has 1 aliphatic carbocycles. The summed E-state index contributed by atoms with van der Waals surface area (Å²) in [7, 11) is 0. The molecular formula is C19H27BrN2O2. The predicted molar refractivity (Wildman–Crippen MR) is 99.1 cm³/mol. The molecule has 0 bridgehead atoms. The lowest BCUT2D eigenvalue weighted by atomic mass is 10.1. The van der Waals surface area contributed by atoms with E-state index in [0.717, 1.165) is 43.5 Å². The van der Waals surface area contributed by atoms with Gasteiger partial charge in [-0.2, -0.15) is 0 Å². The fourth-order valence-electron chi connectivity index (χ4n) is 3.45. The first-order valence-electron chi connectivity index (χ1n) is 8.67. The molecule has 0 unspecified atom stereocenters. The Morgan fingerprint density at radius 2 is 2.00 bits per heavy atom. The van der Waals surface area contributed by atoms with Crippen molar-refractivity contribution in [3.63, 3.8) is 0 Å². The minimum atomic E-state index is -0.432. The van der Waals surface area contributed by atoms with Crippen LogP contribution in [0.5, 0.6) is 0 Å². The lowest BCUT2D eigenvalue weighted by Gasteiger charge is -2.42. The summed E-state index contributed by atoms with van der Waals surface area (Å²) in [5.74, 6) is 0. The summed E-state index contributed by atoms with van der Waals surface area (Å²) in [6.45, 7) is 11.5. The lowest BCUT2D eigenvalue weighted by molar-refractivity contribution is -0.00811. The molecule has 4 nitrogen and oxygen atoms in total. The molecule has 2 aliphatic rings. The maximum Gasteiger partial charge on any atom is 0.410 e. The summed E-state index contributed by atoms with van der Waals surface area (Å²) in [5.41, 5.74) is 2.24. The van der Waals surface area contributed by atoms with E-state index in [9.17, 15) is 4.79 Å². The third-order valence-corrected chi connectivity index (χ3v) is 5.36. The smallest absolute Gasteiger partial charge is 0.410 e. The van der Waals surface area contributed by atoms with Crippen LogP contribution >= 0.6 is 15.9 Å². The van der Waals surface area contributed by atoms with Crippen LogP contribution in [0.25, 0.3) is 0 Å². The molecule has 0 radical (unpaired) electrons. The molecule has 1 spiro atoms. The van der Waals surface area contributed by atoms with Crippen LogP contribution in [0, 0.1) is 6.92 Å². The number of ether oxygens (including phenoxy) is 1. The SMILES string of the molecule is Cc1cc(Br)ccc1CN1CCN(C(=O)OC(C)(C)C)C2(CC2)C1. The molecule has 3 rings (SSSR count). The third kappa shape index (κ3) is 3.94. The Hall–Kier alpha value is -1.07. The van der Waals surface area contributed by atoms with Crippen molar-refractivity contribution in [2.24, 2.45) is 0 Å². The van der Waals surface area contributed by atoms with E-state index in [4.69, 9.17) is 4.74 Å². The van der Waals surface area contributed by atoms with E-state index in [0.29, 0.717) is 0 Å². The molecule has 5 heteroatoms. The largest absolute Gasteiger partial charge is 0.444 e.